The maximum Gasteiger partial charge on any atom is 0.185 e. The maximum absolute atomic E-state index is 13.0. The van der Waals surface area contributed by atoms with Gasteiger partial charge in [-0.2, -0.15) is 0 Å². The Labute approximate surface area is 115 Å². The molecule has 0 bridgehead atoms. The van der Waals surface area contributed by atoms with E-state index in [1.807, 2.05) is 0 Å². The molecule has 0 saturated carbocycles. The molecule has 2 aromatic rings. The van der Waals surface area contributed by atoms with Crippen LogP contribution in [0.4, 0.5) is 4.39 Å². The van der Waals surface area contributed by atoms with E-state index in [-0.39, 0.29) is 23.1 Å². The van der Waals surface area contributed by atoms with Gasteiger partial charge in [0.25, 0.3) is 0 Å². The lowest BCUT2D eigenvalue weighted by atomic mass is 10.1. The smallest absolute Gasteiger partial charge is 0.185 e. The van der Waals surface area contributed by atoms with Gasteiger partial charge in [0.2, 0.25) is 0 Å². The molecule has 3 nitrogen and oxygen atoms in total. The summed E-state index contributed by atoms with van der Waals surface area (Å²) < 4.78 is 17.9. The third-order valence-corrected chi connectivity index (χ3v) is 2.74. The van der Waals surface area contributed by atoms with Gasteiger partial charge >= 0.3 is 0 Å². The Morgan fingerprint density at radius 2 is 2.05 bits per heavy atom. The third kappa shape index (κ3) is 3.23. The zero-order valence-electron chi connectivity index (χ0n) is 10.8. The van der Waals surface area contributed by atoms with Crippen LogP contribution < -0.4 is 4.74 Å². The molecule has 0 radical (unpaired) electrons. The highest BCUT2D eigenvalue weighted by Crippen LogP contribution is 2.26. The fourth-order valence-electron chi connectivity index (χ4n) is 1.71. The average molecular weight is 272 g/mol. The highest BCUT2D eigenvalue weighted by Gasteiger charge is 2.07. The molecular formula is C16H13FO3. The molecule has 0 saturated heterocycles. The van der Waals surface area contributed by atoms with Crippen LogP contribution in [0.25, 0.3) is 6.08 Å². The molecule has 0 unspecified atom stereocenters. The number of carbonyl (C=O) groups is 1. The van der Waals surface area contributed by atoms with Crippen molar-refractivity contribution in [2.24, 2.45) is 0 Å². The maximum atomic E-state index is 13.0. The first-order valence-electron chi connectivity index (χ1n) is 5.95. The largest absolute Gasteiger partial charge is 0.504 e. The van der Waals surface area contributed by atoms with Crippen LogP contribution in [-0.4, -0.2) is 18.0 Å². The van der Waals surface area contributed by atoms with E-state index in [1.165, 1.54) is 49.6 Å². The van der Waals surface area contributed by atoms with E-state index in [0.717, 1.165) is 0 Å². The summed E-state index contributed by atoms with van der Waals surface area (Å²) in [5, 5.41) is 9.46. The molecule has 0 amide bonds. The number of benzene rings is 2. The van der Waals surface area contributed by atoms with E-state index >= 15 is 0 Å². The zero-order chi connectivity index (χ0) is 14.5. The Hall–Kier alpha value is -2.62. The van der Waals surface area contributed by atoms with Crippen LogP contribution in [0.2, 0.25) is 0 Å². The predicted octanol–water partition coefficient (Wildman–Crippen LogP) is 3.44. The molecule has 4 heteroatoms. The second-order valence-electron chi connectivity index (χ2n) is 4.14. The lowest BCUT2D eigenvalue weighted by Crippen LogP contribution is -1.95. The molecule has 0 aliphatic carbocycles. The molecular weight excluding hydrogens is 259 g/mol. The summed E-state index contributed by atoms with van der Waals surface area (Å²) in [4.78, 5) is 12.0. The number of methoxy groups -OCH3 is 1. The average Bonchev–Trinajstić information content (AvgIpc) is 2.45. The number of ether oxygens (including phenoxy) is 1. The highest BCUT2D eigenvalue weighted by molar-refractivity contribution is 6.07. The topological polar surface area (TPSA) is 46.5 Å². The van der Waals surface area contributed by atoms with Gasteiger partial charge in [-0.25, -0.2) is 4.39 Å². The molecule has 20 heavy (non-hydrogen) atoms. The predicted molar refractivity (Wildman–Crippen MR) is 74.4 cm³/mol. The van der Waals surface area contributed by atoms with E-state index in [4.69, 9.17) is 4.74 Å². The first-order valence-corrected chi connectivity index (χ1v) is 5.95. The first-order chi connectivity index (χ1) is 9.60. The van der Waals surface area contributed by atoms with Crippen molar-refractivity contribution in [2.75, 3.05) is 7.11 Å². The fraction of sp³-hybridized carbons (Fsp3) is 0.0625. The van der Waals surface area contributed by atoms with Crippen molar-refractivity contribution in [3.63, 3.8) is 0 Å². The number of hydrogen-bond donors (Lipinski definition) is 1. The summed E-state index contributed by atoms with van der Waals surface area (Å²) in [6.07, 6.45) is 2.88. The minimum atomic E-state index is -0.356. The van der Waals surface area contributed by atoms with Crippen LogP contribution in [0.5, 0.6) is 11.5 Å². The van der Waals surface area contributed by atoms with Crippen molar-refractivity contribution in [1.29, 1.82) is 0 Å². The van der Waals surface area contributed by atoms with Crippen LogP contribution in [0.3, 0.4) is 0 Å². The summed E-state index contributed by atoms with van der Waals surface area (Å²) in [7, 11) is 1.41. The Balaban J connectivity index is 2.20. The van der Waals surface area contributed by atoms with Crippen molar-refractivity contribution < 1.29 is 19.0 Å². The first kappa shape index (κ1) is 13.8. The van der Waals surface area contributed by atoms with Gasteiger partial charge in [0, 0.05) is 5.56 Å². The molecule has 2 aromatic carbocycles. The Morgan fingerprint density at radius 1 is 1.25 bits per heavy atom. The van der Waals surface area contributed by atoms with Gasteiger partial charge in [0.15, 0.2) is 17.3 Å². The van der Waals surface area contributed by atoms with Crippen molar-refractivity contribution >= 4 is 11.9 Å². The number of halogens is 1. The van der Waals surface area contributed by atoms with Crippen LogP contribution in [0, 0.1) is 5.82 Å². The minimum absolute atomic E-state index is 0.0295. The van der Waals surface area contributed by atoms with Gasteiger partial charge in [-0.1, -0.05) is 18.2 Å². The Morgan fingerprint density at radius 3 is 2.75 bits per heavy atom. The standard InChI is InChI=1S/C16H13FO3/c1-20-16-10-12(6-8-15(16)19)14(18)7-5-11-3-2-4-13(17)9-11/h2-10,19H,1H3/b7-5+. The number of carbonyl (C=O) groups excluding carboxylic acids is 1. The second kappa shape index (κ2) is 6.02. The van der Waals surface area contributed by atoms with E-state index < -0.39 is 0 Å². The van der Waals surface area contributed by atoms with Crippen LogP contribution in [0.15, 0.2) is 48.5 Å². The normalized spacial score (nSPS) is 10.7. The van der Waals surface area contributed by atoms with Gasteiger partial charge in [0.1, 0.15) is 5.82 Å². The summed E-state index contributed by atoms with van der Waals surface area (Å²) in [6, 6.07) is 10.3. The summed E-state index contributed by atoms with van der Waals surface area (Å²) in [6.45, 7) is 0. The molecule has 2 rings (SSSR count). The molecule has 0 aliphatic rings. The van der Waals surface area contributed by atoms with E-state index in [0.29, 0.717) is 11.1 Å². The molecule has 1 N–H and O–H groups in total. The van der Waals surface area contributed by atoms with Crippen molar-refractivity contribution in [3.8, 4) is 11.5 Å². The second-order valence-corrected chi connectivity index (χ2v) is 4.14. The lowest BCUT2D eigenvalue weighted by molar-refractivity contribution is 0.104. The van der Waals surface area contributed by atoms with E-state index in [9.17, 15) is 14.3 Å². The van der Waals surface area contributed by atoms with Gasteiger partial charge < -0.3 is 9.84 Å². The molecule has 0 spiro atoms. The SMILES string of the molecule is COc1cc(C(=O)/C=C/c2cccc(F)c2)ccc1O. The van der Waals surface area contributed by atoms with Crippen LogP contribution in [0.1, 0.15) is 15.9 Å². The molecule has 0 fully saturated rings. The van der Waals surface area contributed by atoms with Gasteiger partial charge in [-0.3, -0.25) is 4.79 Å². The molecule has 0 heterocycles. The van der Waals surface area contributed by atoms with Crippen molar-refractivity contribution in [1.82, 2.24) is 0 Å². The number of allylic oxidation sites excluding steroid dienone is 1. The quantitative estimate of drug-likeness (QED) is 0.685. The number of phenolic OH excluding ortho intramolecular Hbond substituents is 1. The van der Waals surface area contributed by atoms with Gasteiger partial charge in [0.05, 0.1) is 7.11 Å². The van der Waals surface area contributed by atoms with Crippen LogP contribution in [-0.2, 0) is 0 Å². The fourth-order valence-corrected chi connectivity index (χ4v) is 1.71. The van der Waals surface area contributed by atoms with Gasteiger partial charge in [-0.15, -0.1) is 0 Å². The van der Waals surface area contributed by atoms with E-state index in [1.54, 1.807) is 12.1 Å². The summed E-state index contributed by atoms with van der Waals surface area (Å²) in [5.74, 6) is -0.411. The zero-order valence-corrected chi connectivity index (χ0v) is 10.8. The Kier molecular flexibility index (Phi) is 4.15. The monoisotopic (exact) mass is 272 g/mol. The van der Waals surface area contributed by atoms with Gasteiger partial charge in [-0.05, 0) is 42.0 Å². The van der Waals surface area contributed by atoms with Crippen molar-refractivity contribution in [3.05, 3.63) is 65.5 Å². The van der Waals surface area contributed by atoms with Crippen molar-refractivity contribution in [2.45, 2.75) is 0 Å². The minimum Gasteiger partial charge on any atom is -0.504 e. The lowest BCUT2D eigenvalue weighted by Gasteiger charge is -2.04. The number of aromatic hydroxyl groups is 1. The number of phenols is 1. The number of ketones is 1. The summed E-state index contributed by atoms with van der Waals surface area (Å²) >= 11 is 0. The van der Waals surface area contributed by atoms with Crippen LogP contribution >= 0.6 is 0 Å². The third-order valence-electron chi connectivity index (χ3n) is 2.74. The molecule has 0 aromatic heterocycles. The molecule has 102 valence electrons. The Bertz CT molecular complexity index is 663. The van der Waals surface area contributed by atoms with E-state index in [2.05, 4.69) is 0 Å². The highest BCUT2D eigenvalue weighted by atomic mass is 19.1. The molecule has 0 atom stereocenters. The number of hydrogen-bond acceptors (Lipinski definition) is 3. The summed E-state index contributed by atoms with van der Waals surface area (Å²) in [5.41, 5.74) is 0.983. The number of rotatable bonds is 4. The molecule has 0 aliphatic heterocycles.